The van der Waals surface area contributed by atoms with Crippen LogP contribution in [0.4, 0.5) is 0 Å². The first-order valence-electron chi connectivity index (χ1n) is 8.23. The van der Waals surface area contributed by atoms with Crippen LogP contribution in [0.25, 0.3) is 0 Å². The predicted octanol–water partition coefficient (Wildman–Crippen LogP) is 2.16. The summed E-state index contributed by atoms with van der Waals surface area (Å²) in [5.74, 6) is -0.569. The quantitative estimate of drug-likeness (QED) is 0.902. The van der Waals surface area contributed by atoms with Crippen LogP contribution in [0.2, 0.25) is 0 Å². The lowest BCUT2D eigenvalue weighted by Gasteiger charge is -2.31. The molecule has 2 heterocycles. The lowest BCUT2D eigenvalue weighted by atomic mass is 9.98. The highest BCUT2D eigenvalue weighted by atomic mass is 16.4. The van der Waals surface area contributed by atoms with Crippen molar-refractivity contribution >= 4 is 11.9 Å². The maximum absolute atomic E-state index is 12.7. The van der Waals surface area contributed by atoms with E-state index in [0.717, 1.165) is 29.9 Å². The molecule has 1 amide bonds. The van der Waals surface area contributed by atoms with Crippen LogP contribution in [0.15, 0.2) is 0 Å². The molecule has 128 valence electrons. The molecule has 0 bridgehead atoms. The number of hydrogen-bond donors (Lipinski definition) is 1. The summed E-state index contributed by atoms with van der Waals surface area (Å²) in [6.45, 7) is 11.1. The van der Waals surface area contributed by atoms with Crippen LogP contribution in [0.5, 0.6) is 0 Å². The number of amides is 1. The molecular formula is C17H27N3O3. The van der Waals surface area contributed by atoms with E-state index < -0.39 is 11.5 Å². The third-order valence-corrected chi connectivity index (χ3v) is 4.80. The molecule has 1 aliphatic heterocycles. The first-order valence-corrected chi connectivity index (χ1v) is 8.23. The van der Waals surface area contributed by atoms with Gasteiger partial charge in [-0.2, -0.15) is 5.10 Å². The van der Waals surface area contributed by atoms with Gasteiger partial charge in [0.1, 0.15) is 5.54 Å². The normalized spacial score (nSPS) is 21.2. The van der Waals surface area contributed by atoms with Crippen LogP contribution < -0.4 is 0 Å². The molecule has 0 radical (unpaired) electrons. The molecule has 1 aromatic rings. The number of carboxylic acids is 1. The summed E-state index contributed by atoms with van der Waals surface area (Å²) in [5, 5.41) is 14.0. The van der Waals surface area contributed by atoms with Gasteiger partial charge in [-0.25, -0.2) is 4.79 Å². The van der Waals surface area contributed by atoms with Gasteiger partial charge in [0.15, 0.2) is 0 Å². The highest BCUT2D eigenvalue weighted by Crippen LogP contribution is 2.30. The molecule has 23 heavy (non-hydrogen) atoms. The van der Waals surface area contributed by atoms with Crippen LogP contribution >= 0.6 is 0 Å². The van der Waals surface area contributed by atoms with Crippen molar-refractivity contribution < 1.29 is 14.7 Å². The Kier molecular flexibility index (Phi) is 4.82. The first kappa shape index (κ1) is 17.5. The third-order valence-electron chi connectivity index (χ3n) is 4.80. The minimum atomic E-state index is -1.08. The minimum Gasteiger partial charge on any atom is -0.480 e. The van der Waals surface area contributed by atoms with Crippen LogP contribution in [0.3, 0.4) is 0 Å². The van der Waals surface area contributed by atoms with Crippen molar-refractivity contribution in [2.45, 2.75) is 66.0 Å². The predicted molar refractivity (Wildman–Crippen MR) is 87.2 cm³/mol. The Morgan fingerprint density at radius 2 is 2.00 bits per heavy atom. The molecule has 1 N–H and O–H groups in total. The zero-order valence-corrected chi connectivity index (χ0v) is 14.7. The summed E-state index contributed by atoms with van der Waals surface area (Å²) < 4.78 is 1.95. The number of aromatic nitrogens is 2. The average molecular weight is 321 g/mol. The van der Waals surface area contributed by atoms with Crippen LogP contribution in [-0.2, 0) is 22.6 Å². The lowest BCUT2D eigenvalue weighted by Crippen LogP contribution is -2.51. The number of carboxylic acid groups (broad SMARTS) is 1. The molecule has 0 aliphatic carbocycles. The standard InChI is InChI=1S/C17H27N3O3/c1-11(2)10-20-13(4)14(12(3)18-20)9-15(21)19-8-6-7-17(19,5)16(22)23/h11H,6-10H2,1-5H3,(H,22,23). The fraction of sp³-hybridized carbons (Fsp3) is 0.706. The summed E-state index contributed by atoms with van der Waals surface area (Å²) in [7, 11) is 0. The number of nitrogens with zero attached hydrogens (tertiary/aromatic N) is 3. The van der Waals surface area contributed by atoms with Crippen molar-refractivity contribution in [2.24, 2.45) is 5.92 Å². The summed E-state index contributed by atoms with van der Waals surface area (Å²) in [6.07, 6.45) is 1.47. The number of carbonyl (C=O) groups excluding carboxylic acids is 1. The van der Waals surface area contributed by atoms with Gasteiger partial charge in [0.05, 0.1) is 12.1 Å². The van der Waals surface area contributed by atoms with E-state index >= 15 is 0 Å². The van der Waals surface area contributed by atoms with Gasteiger partial charge in [0, 0.05) is 24.3 Å². The number of hydrogen-bond acceptors (Lipinski definition) is 3. The van der Waals surface area contributed by atoms with E-state index in [-0.39, 0.29) is 12.3 Å². The van der Waals surface area contributed by atoms with Gasteiger partial charge in [-0.1, -0.05) is 13.8 Å². The Morgan fingerprint density at radius 1 is 1.35 bits per heavy atom. The number of rotatable bonds is 5. The van der Waals surface area contributed by atoms with Gasteiger partial charge in [-0.05, 0) is 39.5 Å². The Morgan fingerprint density at radius 3 is 2.57 bits per heavy atom. The SMILES string of the molecule is Cc1nn(CC(C)C)c(C)c1CC(=O)N1CCCC1(C)C(=O)O. The smallest absolute Gasteiger partial charge is 0.329 e. The molecule has 1 atom stereocenters. The molecule has 1 aromatic heterocycles. The first-order chi connectivity index (χ1) is 10.7. The Hall–Kier alpha value is -1.85. The largest absolute Gasteiger partial charge is 0.480 e. The highest BCUT2D eigenvalue weighted by molar-refractivity contribution is 5.88. The zero-order valence-electron chi connectivity index (χ0n) is 14.7. The van der Waals surface area contributed by atoms with E-state index in [9.17, 15) is 14.7 Å². The van der Waals surface area contributed by atoms with Gasteiger partial charge in [-0.15, -0.1) is 0 Å². The Balaban J connectivity index is 2.21. The molecule has 0 saturated carbocycles. The topological polar surface area (TPSA) is 75.4 Å². The number of aryl methyl sites for hydroxylation is 1. The summed E-state index contributed by atoms with van der Waals surface area (Å²) >= 11 is 0. The molecule has 2 rings (SSSR count). The van der Waals surface area contributed by atoms with E-state index in [1.165, 1.54) is 4.90 Å². The second-order valence-electron chi connectivity index (χ2n) is 7.13. The van der Waals surface area contributed by atoms with E-state index in [0.29, 0.717) is 18.9 Å². The maximum Gasteiger partial charge on any atom is 0.329 e. The Bertz CT molecular complexity index is 621. The summed E-state index contributed by atoms with van der Waals surface area (Å²) in [4.78, 5) is 25.8. The summed E-state index contributed by atoms with van der Waals surface area (Å²) in [6, 6.07) is 0. The third kappa shape index (κ3) is 3.26. The van der Waals surface area contributed by atoms with Crippen LogP contribution in [0, 0.1) is 19.8 Å². The minimum absolute atomic E-state index is 0.123. The maximum atomic E-state index is 12.7. The fourth-order valence-corrected chi connectivity index (χ4v) is 3.35. The van der Waals surface area contributed by atoms with Crippen molar-refractivity contribution in [1.82, 2.24) is 14.7 Å². The molecule has 1 unspecified atom stereocenters. The lowest BCUT2D eigenvalue weighted by molar-refractivity contribution is -0.155. The van der Waals surface area contributed by atoms with Crippen molar-refractivity contribution in [3.63, 3.8) is 0 Å². The zero-order chi connectivity index (χ0) is 17.4. The van der Waals surface area contributed by atoms with Gasteiger partial charge in [0.2, 0.25) is 5.91 Å². The molecule has 1 aliphatic rings. The summed E-state index contributed by atoms with van der Waals surface area (Å²) in [5.41, 5.74) is 1.70. The second-order valence-corrected chi connectivity index (χ2v) is 7.13. The number of carbonyl (C=O) groups is 2. The monoisotopic (exact) mass is 321 g/mol. The van der Waals surface area contributed by atoms with Gasteiger partial charge < -0.3 is 10.0 Å². The van der Waals surface area contributed by atoms with E-state index in [2.05, 4.69) is 18.9 Å². The van der Waals surface area contributed by atoms with E-state index in [1.54, 1.807) is 6.92 Å². The van der Waals surface area contributed by atoms with Crippen LogP contribution in [0.1, 0.15) is 50.6 Å². The highest BCUT2D eigenvalue weighted by Gasteiger charge is 2.45. The van der Waals surface area contributed by atoms with Crippen molar-refractivity contribution in [1.29, 1.82) is 0 Å². The average Bonchev–Trinajstić information content (AvgIpc) is 2.95. The molecule has 0 spiro atoms. The van der Waals surface area contributed by atoms with Crippen molar-refractivity contribution in [2.75, 3.05) is 6.54 Å². The second kappa shape index (κ2) is 6.34. The number of aliphatic carboxylic acids is 1. The Labute approximate surface area is 137 Å². The van der Waals surface area contributed by atoms with Crippen LogP contribution in [-0.4, -0.2) is 43.7 Å². The number of likely N-dealkylation sites (tertiary alicyclic amines) is 1. The molecule has 0 aromatic carbocycles. The molecule has 1 saturated heterocycles. The fourth-order valence-electron chi connectivity index (χ4n) is 3.35. The van der Waals surface area contributed by atoms with E-state index in [1.807, 2.05) is 18.5 Å². The van der Waals surface area contributed by atoms with Crippen molar-refractivity contribution in [3.05, 3.63) is 17.0 Å². The van der Waals surface area contributed by atoms with E-state index in [4.69, 9.17) is 0 Å². The molecule has 1 fully saturated rings. The molecule has 6 heteroatoms. The van der Waals surface area contributed by atoms with Crippen molar-refractivity contribution in [3.8, 4) is 0 Å². The van der Waals surface area contributed by atoms with Gasteiger partial charge in [0.25, 0.3) is 0 Å². The molecule has 6 nitrogen and oxygen atoms in total. The molecular weight excluding hydrogens is 294 g/mol. The van der Waals surface area contributed by atoms with Gasteiger partial charge in [-0.3, -0.25) is 9.48 Å². The van der Waals surface area contributed by atoms with Gasteiger partial charge >= 0.3 is 5.97 Å².